The number of nitrogens with one attached hydrogen (secondary N) is 2. The summed E-state index contributed by atoms with van der Waals surface area (Å²) >= 11 is 1.26. The average molecular weight is 394 g/mol. The lowest BCUT2D eigenvalue weighted by atomic mass is 10.1. The van der Waals surface area contributed by atoms with Crippen LogP contribution in [0.1, 0.15) is 38.4 Å². The molecular formula is C22H23N3O2S. The molecule has 2 N–H and O–H groups in total. The number of hydrogen-bond acceptors (Lipinski definition) is 4. The van der Waals surface area contributed by atoms with Crippen molar-refractivity contribution in [2.45, 2.75) is 33.2 Å². The van der Waals surface area contributed by atoms with Gasteiger partial charge in [0.15, 0.2) is 0 Å². The van der Waals surface area contributed by atoms with E-state index in [2.05, 4.69) is 22.5 Å². The zero-order valence-corrected chi connectivity index (χ0v) is 16.8. The van der Waals surface area contributed by atoms with E-state index in [-0.39, 0.29) is 18.2 Å². The number of anilines is 1. The second-order valence-corrected chi connectivity index (χ2v) is 7.55. The molecule has 0 aliphatic carbocycles. The zero-order valence-electron chi connectivity index (χ0n) is 16.0. The Morgan fingerprint density at radius 2 is 1.71 bits per heavy atom. The Bertz CT molecular complexity index is 950. The highest BCUT2D eigenvalue weighted by Gasteiger charge is 2.17. The number of amides is 2. The van der Waals surface area contributed by atoms with Gasteiger partial charge in [-0.3, -0.25) is 9.59 Å². The Morgan fingerprint density at radius 1 is 1.00 bits per heavy atom. The van der Waals surface area contributed by atoms with Gasteiger partial charge in [-0.15, -0.1) is 11.3 Å². The summed E-state index contributed by atoms with van der Waals surface area (Å²) < 4.78 is 0. The highest BCUT2D eigenvalue weighted by Crippen LogP contribution is 2.19. The second kappa shape index (κ2) is 9.28. The molecule has 0 aliphatic rings. The molecule has 0 spiro atoms. The molecule has 0 atom stereocenters. The van der Waals surface area contributed by atoms with Gasteiger partial charge in [0.05, 0.1) is 12.1 Å². The number of aromatic nitrogens is 1. The van der Waals surface area contributed by atoms with Crippen LogP contribution < -0.4 is 10.6 Å². The van der Waals surface area contributed by atoms with E-state index in [1.54, 1.807) is 6.92 Å². The van der Waals surface area contributed by atoms with Gasteiger partial charge in [-0.1, -0.05) is 49.4 Å². The molecule has 0 saturated heterocycles. The standard InChI is InChI=1S/C22H23N3O2S/c1-3-16-9-11-18(12-10-16)25-19(26)13-20-24-15(2)21(28-20)22(27)23-14-17-7-5-4-6-8-17/h4-12H,3,13-14H2,1-2H3,(H,23,27)(H,25,26). The van der Waals surface area contributed by atoms with Crippen LogP contribution in [0.2, 0.25) is 0 Å². The maximum absolute atomic E-state index is 12.4. The van der Waals surface area contributed by atoms with Gasteiger partial charge in [0.25, 0.3) is 5.91 Å². The highest BCUT2D eigenvalue weighted by molar-refractivity contribution is 7.13. The molecule has 1 heterocycles. The Kier molecular flexibility index (Phi) is 6.55. The van der Waals surface area contributed by atoms with Gasteiger partial charge in [-0.25, -0.2) is 4.98 Å². The SMILES string of the molecule is CCc1ccc(NC(=O)Cc2nc(C)c(C(=O)NCc3ccccc3)s2)cc1. The van der Waals surface area contributed by atoms with Crippen molar-refractivity contribution in [3.63, 3.8) is 0 Å². The molecule has 28 heavy (non-hydrogen) atoms. The van der Waals surface area contributed by atoms with Gasteiger partial charge in [-0.2, -0.15) is 0 Å². The Balaban J connectivity index is 1.57. The molecule has 3 aromatic rings. The van der Waals surface area contributed by atoms with Crippen LogP contribution in [-0.4, -0.2) is 16.8 Å². The summed E-state index contributed by atoms with van der Waals surface area (Å²) in [6, 6.07) is 17.5. The third kappa shape index (κ3) is 5.27. The van der Waals surface area contributed by atoms with Crippen molar-refractivity contribution in [2.75, 3.05) is 5.32 Å². The first-order valence-electron chi connectivity index (χ1n) is 9.22. The average Bonchev–Trinajstić information content (AvgIpc) is 3.07. The van der Waals surface area contributed by atoms with Crippen LogP contribution in [0.4, 0.5) is 5.69 Å². The molecule has 2 aromatic carbocycles. The van der Waals surface area contributed by atoms with Gasteiger partial charge in [0.1, 0.15) is 9.88 Å². The van der Waals surface area contributed by atoms with E-state index in [4.69, 9.17) is 0 Å². The van der Waals surface area contributed by atoms with E-state index in [0.29, 0.717) is 22.1 Å². The Morgan fingerprint density at radius 3 is 2.39 bits per heavy atom. The fourth-order valence-electron chi connectivity index (χ4n) is 2.76. The number of hydrogen-bond donors (Lipinski definition) is 2. The molecule has 2 amide bonds. The summed E-state index contributed by atoms with van der Waals surface area (Å²) in [6.45, 7) is 4.34. The minimum Gasteiger partial charge on any atom is -0.347 e. The topological polar surface area (TPSA) is 71.1 Å². The van der Waals surface area contributed by atoms with E-state index in [0.717, 1.165) is 17.7 Å². The number of nitrogens with zero attached hydrogens (tertiary/aromatic N) is 1. The number of carbonyl (C=O) groups excluding carboxylic acids is 2. The summed E-state index contributed by atoms with van der Waals surface area (Å²) in [7, 11) is 0. The second-order valence-electron chi connectivity index (χ2n) is 6.47. The first-order valence-corrected chi connectivity index (χ1v) is 10.0. The van der Waals surface area contributed by atoms with E-state index in [9.17, 15) is 9.59 Å². The summed E-state index contributed by atoms with van der Waals surface area (Å²) in [6.07, 6.45) is 1.11. The number of thiazole rings is 1. The Labute approximate surface area is 168 Å². The first-order chi connectivity index (χ1) is 13.5. The molecule has 0 aliphatic heterocycles. The van der Waals surface area contributed by atoms with Gasteiger partial charge in [0.2, 0.25) is 5.91 Å². The lowest BCUT2D eigenvalue weighted by Crippen LogP contribution is -2.22. The maximum Gasteiger partial charge on any atom is 0.263 e. The number of aryl methyl sites for hydroxylation is 2. The quantitative estimate of drug-likeness (QED) is 0.634. The number of carbonyl (C=O) groups is 2. The molecule has 0 saturated carbocycles. The molecule has 0 bridgehead atoms. The molecule has 5 nitrogen and oxygen atoms in total. The van der Waals surface area contributed by atoms with Crippen molar-refractivity contribution in [1.29, 1.82) is 0 Å². The minimum absolute atomic E-state index is 0.144. The van der Waals surface area contributed by atoms with Crippen molar-refractivity contribution < 1.29 is 9.59 Å². The van der Waals surface area contributed by atoms with Crippen molar-refractivity contribution >= 4 is 28.8 Å². The molecule has 0 unspecified atom stereocenters. The van der Waals surface area contributed by atoms with Crippen LogP contribution in [0.3, 0.4) is 0 Å². The Hall–Kier alpha value is -2.99. The number of rotatable bonds is 7. The molecular weight excluding hydrogens is 370 g/mol. The van der Waals surface area contributed by atoms with Crippen molar-refractivity contribution in [1.82, 2.24) is 10.3 Å². The minimum atomic E-state index is -0.166. The van der Waals surface area contributed by atoms with Crippen LogP contribution in [0.15, 0.2) is 54.6 Å². The predicted octanol–water partition coefficient (Wildman–Crippen LogP) is 4.13. The molecule has 6 heteroatoms. The van der Waals surface area contributed by atoms with Crippen LogP contribution in [0.5, 0.6) is 0 Å². The van der Waals surface area contributed by atoms with E-state index < -0.39 is 0 Å². The van der Waals surface area contributed by atoms with Crippen molar-refractivity contribution in [3.8, 4) is 0 Å². The fraction of sp³-hybridized carbons (Fsp3) is 0.227. The summed E-state index contributed by atoms with van der Waals surface area (Å²) in [5.74, 6) is -0.310. The van der Waals surface area contributed by atoms with E-state index >= 15 is 0 Å². The van der Waals surface area contributed by atoms with Crippen molar-refractivity contribution in [2.24, 2.45) is 0 Å². The van der Waals surface area contributed by atoms with E-state index in [1.807, 2.05) is 54.6 Å². The van der Waals surface area contributed by atoms with E-state index in [1.165, 1.54) is 16.9 Å². The van der Waals surface area contributed by atoms with Crippen LogP contribution in [-0.2, 0) is 24.2 Å². The van der Waals surface area contributed by atoms with Crippen LogP contribution >= 0.6 is 11.3 Å². The van der Waals surface area contributed by atoms with Gasteiger partial charge < -0.3 is 10.6 Å². The smallest absolute Gasteiger partial charge is 0.263 e. The normalized spacial score (nSPS) is 10.5. The van der Waals surface area contributed by atoms with Gasteiger partial charge in [0, 0.05) is 12.2 Å². The monoisotopic (exact) mass is 393 g/mol. The van der Waals surface area contributed by atoms with Crippen LogP contribution in [0.25, 0.3) is 0 Å². The predicted molar refractivity (Wildman–Crippen MR) is 113 cm³/mol. The van der Waals surface area contributed by atoms with Gasteiger partial charge in [-0.05, 0) is 36.6 Å². The third-order valence-electron chi connectivity index (χ3n) is 4.30. The lowest BCUT2D eigenvalue weighted by Gasteiger charge is -2.05. The zero-order chi connectivity index (χ0) is 19.9. The largest absolute Gasteiger partial charge is 0.347 e. The maximum atomic E-state index is 12.4. The summed E-state index contributed by atoms with van der Waals surface area (Å²) in [5, 5.41) is 6.41. The molecule has 3 rings (SSSR count). The number of benzene rings is 2. The molecule has 1 aromatic heterocycles. The lowest BCUT2D eigenvalue weighted by molar-refractivity contribution is -0.115. The van der Waals surface area contributed by atoms with Gasteiger partial charge >= 0.3 is 0 Å². The van der Waals surface area contributed by atoms with Crippen molar-refractivity contribution in [3.05, 3.63) is 81.3 Å². The molecule has 0 fully saturated rings. The molecule has 0 radical (unpaired) electrons. The summed E-state index contributed by atoms with van der Waals surface area (Å²) in [4.78, 5) is 29.7. The third-order valence-corrected chi connectivity index (χ3v) is 5.46. The fourth-order valence-corrected chi connectivity index (χ4v) is 3.74. The first kappa shape index (κ1) is 19.8. The highest BCUT2D eigenvalue weighted by atomic mass is 32.1. The molecule has 144 valence electrons. The summed E-state index contributed by atoms with van der Waals surface area (Å²) in [5.41, 5.74) is 3.66. The van der Waals surface area contributed by atoms with Crippen LogP contribution in [0, 0.1) is 6.92 Å².